The van der Waals surface area contributed by atoms with Gasteiger partial charge >= 0.3 is 0 Å². The topological polar surface area (TPSA) is 3.24 Å². The van der Waals surface area contributed by atoms with E-state index in [0.29, 0.717) is 0 Å². The Morgan fingerprint density at radius 1 is 0.333 bits per heavy atom. The molecule has 2 aliphatic rings. The Hall–Kier alpha value is -7.74. The first kappa shape index (κ1) is 37.1. The molecule has 298 valence electrons. The number of hydrogen-bond acceptors (Lipinski definition) is 1. The Balaban J connectivity index is 1.06. The first-order chi connectivity index (χ1) is 31.0. The van der Waals surface area contributed by atoms with E-state index < -0.39 is 5.41 Å². The predicted octanol–water partition coefficient (Wildman–Crippen LogP) is 16.3. The van der Waals surface area contributed by atoms with Gasteiger partial charge < -0.3 is 4.90 Å². The lowest BCUT2D eigenvalue weighted by atomic mass is 9.67. The molecule has 0 aliphatic heterocycles. The lowest BCUT2D eigenvalue weighted by Gasteiger charge is -2.34. The Bertz CT molecular complexity index is 3360. The van der Waals surface area contributed by atoms with Crippen LogP contribution in [0, 0.1) is 0 Å². The lowest BCUT2D eigenvalue weighted by Crippen LogP contribution is -2.28. The summed E-state index contributed by atoms with van der Waals surface area (Å²) in [4.78, 5) is 2.48. The first-order valence-electron chi connectivity index (χ1n) is 22.1. The van der Waals surface area contributed by atoms with E-state index in [2.05, 4.69) is 255 Å². The summed E-state index contributed by atoms with van der Waals surface area (Å²) in [5.74, 6) is 0. The molecule has 0 radical (unpaired) electrons. The highest BCUT2D eigenvalue weighted by atomic mass is 15.1. The van der Waals surface area contributed by atoms with Gasteiger partial charge in [0.15, 0.2) is 0 Å². The van der Waals surface area contributed by atoms with Crippen molar-refractivity contribution in [2.24, 2.45) is 0 Å². The third-order valence-electron chi connectivity index (χ3n) is 13.9. The molecule has 1 heteroatoms. The van der Waals surface area contributed by atoms with E-state index in [0.717, 1.165) is 17.1 Å². The van der Waals surface area contributed by atoms with E-state index in [4.69, 9.17) is 0 Å². The van der Waals surface area contributed by atoms with Gasteiger partial charge in [-0.3, -0.25) is 0 Å². The van der Waals surface area contributed by atoms with Gasteiger partial charge in [-0.15, -0.1) is 0 Å². The van der Waals surface area contributed by atoms with Crippen molar-refractivity contribution in [1.82, 2.24) is 0 Å². The van der Waals surface area contributed by atoms with Crippen molar-refractivity contribution >= 4 is 27.8 Å². The number of nitrogens with zero attached hydrogens (tertiary/aromatic N) is 1. The monoisotopic (exact) mass is 803 g/mol. The van der Waals surface area contributed by atoms with Gasteiger partial charge in [-0.1, -0.05) is 220 Å². The summed E-state index contributed by atoms with van der Waals surface area (Å²) in [5, 5.41) is 2.44. The smallest absolute Gasteiger partial charge is 0.0713 e. The van der Waals surface area contributed by atoms with Crippen molar-refractivity contribution < 1.29 is 0 Å². The largest absolute Gasteiger partial charge is 0.310 e. The highest BCUT2D eigenvalue weighted by Crippen LogP contribution is 2.59. The van der Waals surface area contributed by atoms with Crippen LogP contribution in [0.4, 0.5) is 17.1 Å². The zero-order valence-electron chi connectivity index (χ0n) is 35.5. The molecule has 0 aromatic heterocycles. The van der Waals surface area contributed by atoms with E-state index >= 15 is 0 Å². The average molecular weight is 804 g/mol. The Morgan fingerprint density at radius 3 is 1.71 bits per heavy atom. The van der Waals surface area contributed by atoms with E-state index in [1.807, 2.05) is 0 Å². The molecule has 1 nitrogen and oxygen atoms in total. The summed E-state index contributed by atoms with van der Waals surface area (Å²) in [7, 11) is 0. The number of benzene rings is 10. The van der Waals surface area contributed by atoms with E-state index in [9.17, 15) is 0 Å². The molecule has 0 fully saturated rings. The molecule has 63 heavy (non-hydrogen) atoms. The minimum Gasteiger partial charge on any atom is -0.310 e. The summed E-state index contributed by atoms with van der Waals surface area (Å²) >= 11 is 0. The molecule has 0 N–H and O–H groups in total. The summed E-state index contributed by atoms with van der Waals surface area (Å²) < 4.78 is 0. The Labute approximate surface area is 370 Å². The summed E-state index contributed by atoms with van der Waals surface area (Å²) in [6.45, 7) is 4.73. The Morgan fingerprint density at radius 2 is 0.889 bits per heavy atom. The molecular formula is C62H45N. The minimum atomic E-state index is -0.514. The van der Waals surface area contributed by atoms with Crippen LogP contribution in [0.3, 0.4) is 0 Å². The fourth-order valence-electron chi connectivity index (χ4n) is 11.1. The van der Waals surface area contributed by atoms with Gasteiger partial charge in [-0.25, -0.2) is 0 Å². The molecular weight excluding hydrogens is 759 g/mol. The average Bonchev–Trinajstić information content (AvgIpc) is 3.78. The second-order valence-corrected chi connectivity index (χ2v) is 17.6. The maximum absolute atomic E-state index is 2.48. The van der Waals surface area contributed by atoms with Gasteiger partial charge in [0, 0.05) is 22.2 Å². The quantitative estimate of drug-likeness (QED) is 0.155. The molecule has 12 rings (SSSR count). The standard InChI is InChI=1S/C62H45N/c1-61(2)55-30-13-11-27-52(55)53-39-38-49(41-58(53)61)63(59-33-16-21-44-20-9-10-26-50(44)59)48-25-15-22-45(40-48)51-29-17-32-57-60(51)54-28-12-14-31-56(54)62(57,46-23-7-4-8-24-46)47-36-34-43(35-37-47)42-18-5-3-6-19-42/h3-41H,1-2H3. The third kappa shape index (κ3) is 5.63. The van der Waals surface area contributed by atoms with Crippen molar-refractivity contribution in [2.75, 3.05) is 4.90 Å². The fourth-order valence-corrected chi connectivity index (χ4v) is 11.1. The second kappa shape index (κ2) is 14.4. The van der Waals surface area contributed by atoms with Crippen LogP contribution in [0.15, 0.2) is 237 Å². The molecule has 0 saturated carbocycles. The zero-order valence-corrected chi connectivity index (χ0v) is 35.5. The van der Waals surface area contributed by atoms with Crippen LogP contribution in [0.5, 0.6) is 0 Å². The van der Waals surface area contributed by atoms with Gasteiger partial charge in [0.2, 0.25) is 0 Å². The lowest BCUT2D eigenvalue weighted by molar-refractivity contribution is 0.660. The first-order valence-corrected chi connectivity index (χ1v) is 22.1. The van der Waals surface area contributed by atoms with Gasteiger partial charge in [0.05, 0.1) is 11.1 Å². The van der Waals surface area contributed by atoms with Crippen LogP contribution in [0.2, 0.25) is 0 Å². The Kier molecular flexibility index (Phi) is 8.49. The number of fused-ring (bicyclic) bond motifs is 7. The highest BCUT2D eigenvalue weighted by molar-refractivity contribution is 6.01. The van der Waals surface area contributed by atoms with Crippen LogP contribution in [0.1, 0.15) is 47.2 Å². The molecule has 1 atom stereocenters. The van der Waals surface area contributed by atoms with Crippen LogP contribution >= 0.6 is 0 Å². The number of hydrogen-bond donors (Lipinski definition) is 0. The molecule has 0 saturated heterocycles. The van der Waals surface area contributed by atoms with Crippen molar-refractivity contribution in [3.05, 3.63) is 270 Å². The van der Waals surface area contributed by atoms with E-state index in [1.54, 1.807) is 0 Å². The van der Waals surface area contributed by atoms with Gasteiger partial charge in [0.1, 0.15) is 0 Å². The van der Waals surface area contributed by atoms with Crippen LogP contribution in [-0.4, -0.2) is 0 Å². The molecule has 10 aromatic rings. The number of anilines is 3. The predicted molar refractivity (Wildman–Crippen MR) is 264 cm³/mol. The number of rotatable bonds is 7. The summed E-state index contributed by atoms with van der Waals surface area (Å²) in [5.41, 5.74) is 20.7. The molecule has 0 bridgehead atoms. The second-order valence-electron chi connectivity index (χ2n) is 17.6. The minimum absolute atomic E-state index is 0.126. The van der Waals surface area contributed by atoms with E-state index in [-0.39, 0.29) is 5.41 Å². The highest BCUT2D eigenvalue weighted by Gasteiger charge is 2.47. The maximum atomic E-state index is 2.48. The van der Waals surface area contributed by atoms with Crippen molar-refractivity contribution in [2.45, 2.75) is 24.7 Å². The van der Waals surface area contributed by atoms with Crippen LogP contribution < -0.4 is 4.90 Å². The van der Waals surface area contributed by atoms with Crippen LogP contribution in [-0.2, 0) is 10.8 Å². The van der Waals surface area contributed by atoms with Gasteiger partial charge in [0.25, 0.3) is 0 Å². The fraction of sp³-hybridized carbons (Fsp3) is 0.0645. The SMILES string of the molecule is CC1(C)c2ccccc2-c2ccc(N(c3cccc(-c4cccc5c4-c4ccccc4C5(c4ccccc4)c4ccc(-c5ccccc5)cc4)c3)c3cccc4ccccc34)cc21. The molecule has 0 amide bonds. The summed E-state index contributed by atoms with van der Waals surface area (Å²) in [6.07, 6.45) is 0. The van der Waals surface area contributed by atoms with Crippen molar-refractivity contribution in [3.63, 3.8) is 0 Å². The summed E-state index contributed by atoms with van der Waals surface area (Å²) in [6, 6.07) is 87.8. The molecule has 1 unspecified atom stereocenters. The molecule has 2 aliphatic carbocycles. The van der Waals surface area contributed by atoms with Gasteiger partial charge in [-0.2, -0.15) is 0 Å². The normalized spacial score (nSPS) is 15.3. The van der Waals surface area contributed by atoms with E-state index in [1.165, 1.54) is 88.7 Å². The third-order valence-corrected chi connectivity index (χ3v) is 13.9. The molecule has 10 aromatic carbocycles. The zero-order chi connectivity index (χ0) is 42.1. The maximum Gasteiger partial charge on any atom is 0.0713 e. The van der Waals surface area contributed by atoms with Gasteiger partial charge in [-0.05, 0) is 114 Å². The van der Waals surface area contributed by atoms with Crippen molar-refractivity contribution in [3.8, 4) is 44.5 Å². The molecule has 0 heterocycles. The molecule has 0 spiro atoms. The van der Waals surface area contributed by atoms with Crippen LogP contribution in [0.25, 0.3) is 55.3 Å². The van der Waals surface area contributed by atoms with Crippen molar-refractivity contribution in [1.29, 1.82) is 0 Å².